The van der Waals surface area contributed by atoms with E-state index < -0.39 is 0 Å². The Morgan fingerprint density at radius 2 is 2.33 bits per heavy atom. The quantitative estimate of drug-likeness (QED) is 0.740. The van der Waals surface area contributed by atoms with Crippen LogP contribution in [0.5, 0.6) is 0 Å². The summed E-state index contributed by atoms with van der Waals surface area (Å²) in [5.41, 5.74) is 0.497. The number of halogens is 1. The summed E-state index contributed by atoms with van der Waals surface area (Å²) in [7, 11) is 0. The van der Waals surface area contributed by atoms with Gasteiger partial charge in [-0.05, 0) is 25.0 Å². The number of rotatable bonds is 2. The minimum Gasteiger partial charge on any atom is -0.393 e. The molecule has 0 spiro atoms. The fourth-order valence-corrected chi connectivity index (χ4v) is 1.69. The molecule has 15 heavy (non-hydrogen) atoms. The number of carbonyl (C=O) groups excluding carboxylic acids is 1. The van der Waals surface area contributed by atoms with Crippen LogP contribution in [0.1, 0.15) is 23.2 Å². The Labute approximate surface area is 92.3 Å². The summed E-state index contributed by atoms with van der Waals surface area (Å²) in [4.78, 5) is 15.4. The normalized spacial score (nSPS) is 24.4. The van der Waals surface area contributed by atoms with E-state index in [1.165, 1.54) is 12.3 Å². The van der Waals surface area contributed by atoms with Gasteiger partial charge in [-0.15, -0.1) is 0 Å². The minimum absolute atomic E-state index is 0.0828. The number of nitrogens with one attached hydrogen (secondary N) is 1. The van der Waals surface area contributed by atoms with E-state index in [9.17, 15) is 4.79 Å². The molecule has 0 radical (unpaired) electrons. The molecule has 4 nitrogen and oxygen atoms in total. The van der Waals surface area contributed by atoms with Crippen molar-refractivity contribution in [1.29, 1.82) is 0 Å². The van der Waals surface area contributed by atoms with E-state index in [0.717, 1.165) is 0 Å². The highest BCUT2D eigenvalue weighted by Gasteiger charge is 2.28. The zero-order chi connectivity index (χ0) is 10.8. The largest absolute Gasteiger partial charge is 0.393 e. The van der Waals surface area contributed by atoms with Crippen molar-refractivity contribution in [3.63, 3.8) is 0 Å². The van der Waals surface area contributed by atoms with Gasteiger partial charge in [-0.1, -0.05) is 11.6 Å². The van der Waals surface area contributed by atoms with Crippen molar-refractivity contribution in [2.75, 3.05) is 0 Å². The molecule has 0 unspecified atom stereocenters. The molecule has 1 amide bonds. The Bertz CT molecular complexity index is 377. The van der Waals surface area contributed by atoms with Crippen LogP contribution < -0.4 is 5.32 Å². The predicted molar refractivity (Wildman–Crippen MR) is 55.7 cm³/mol. The van der Waals surface area contributed by atoms with Gasteiger partial charge in [0.15, 0.2) is 0 Å². The third-order valence-corrected chi connectivity index (χ3v) is 2.64. The molecule has 80 valence electrons. The summed E-state index contributed by atoms with van der Waals surface area (Å²) in [6.07, 6.45) is 2.48. The molecule has 0 aromatic carbocycles. The number of aliphatic hydroxyl groups is 1. The Balaban J connectivity index is 1.96. The van der Waals surface area contributed by atoms with Gasteiger partial charge < -0.3 is 10.4 Å². The number of carbonyl (C=O) groups is 1. The fourth-order valence-electron chi connectivity index (χ4n) is 1.52. The van der Waals surface area contributed by atoms with E-state index in [1.807, 2.05) is 0 Å². The average Bonchev–Trinajstić information content (AvgIpc) is 2.15. The van der Waals surface area contributed by atoms with Crippen LogP contribution in [0.4, 0.5) is 0 Å². The monoisotopic (exact) mass is 226 g/mol. The molecule has 0 aliphatic heterocycles. The van der Waals surface area contributed by atoms with Gasteiger partial charge in [0.2, 0.25) is 0 Å². The Hall–Kier alpha value is -1.13. The summed E-state index contributed by atoms with van der Waals surface area (Å²) in [6.45, 7) is 0. The van der Waals surface area contributed by atoms with Gasteiger partial charge in [0, 0.05) is 17.8 Å². The lowest BCUT2D eigenvalue weighted by molar-refractivity contribution is 0.0562. The minimum atomic E-state index is -0.267. The van der Waals surface area contributed by atoms with E-state index in [-0.39, 0.29) is 18.1 Å². The van der Waals surface area contributed by atoms with Gasteiger partial charge in [0.1, 0.15) is 5.15 Å². The van der Waals surface area contributed by atoms with E-state index in [0.29, 0.717) is 23.6 Å². The number of aliphatic hydroxyl groups excluding tert-OH is 1. The van der Waals surface area contributed by atoms with Crippen molar-refractivity contribution >= 4 is 17.5 Å². The lowest BCUT2D eigenvalue weighted by Gasteiger charge is -2.31. The number of aromatic nitrogens is 1. The molecule has 1 aromatic heterocycles. The van der Waals surface area contributed by atoms with Crippen molar-refractivity contribution in [1.82, 2.24) is 10.3 Å². The van der Waals surface area contributed by atoms with Gasteiger partial charge in [0.05, 0.1) is 6.10 Å². The first-order valence-electron chi connectivity index (χ1n) is 4.75. The molecule has 1 aromatic rings. The summed E-state index contributed by atoms with van der Waals surface area (Å²) < 4.78 is 0. The Morgan fingerprint density at radius 1 is 1.60 bits per heavy atom. The summed E-state index contributed by atoms with van der Waals surface area (Å²) in [5.74, 6) is -0.170. The van der Waals surface area contributed by atoms with Crippen LogP contribution in [0.2, 0.25) is 5.15 Å². The van der Waals surface area contributed by atoms with Crippen LogP contribution in [-0.2, 0) is 0 Å². The molecule has 5 heteroatoms. The van der Waals surface area contributed by atoms with Gasteiger partial charge in [0.25, 0.3) is 5.91 Å². The van der Waals surface area contributed by atoms with Crippen LogP contribution in [0.15, 0.2) is 18.3 Å². The second-order valence-corrected chi connectivity index (χ2v) is 4.05. The van der Waals surface area contributed by atoms with Crippen LogP contribution >= 0.6 is 11.6 Å². The first kappa shape index (κ1) is 10.4. The third-order valence-electron chi connectivity index (χ3n) is 2.44. The van der Waals surface area contributed by atoms with E-state index in [2.05, 4.69) is 10.3 Å². The predicted octanol–water partition coefficient (Wildman–Crippen LogP) is 0.988. The topological polar surface area (TPSA) is 62.2 Å². The first-order chi connectivity index (χ1) is 7.15. The molecule has 0 bridgehead atoms. The van der Waals surface area contributed by atoms with E-state index in [4.69, 9.17) is 16.7 Å². The van der Waals surface area contributed by atoms with Gasteiger partial charge >= 0.3 is 0 Å². The SMILES string of the molecule is O=C(NC1CC(O)C1)c1ccnc(Cl)c1. The molecular weight excluding hydrogens is 216 g/mol. The van der Waals surface area contributed by atoms with Crippen molar-refractivity contribution in [3.8, 4) is 0 Å². The van der Waals surface area contributed by atoms with Gasteiger partial charge in [-0.25, -0.2) is 4.98 Å². The first-order valence-corrected chi connectivity index (χ1v) is 5.13. The number of hydrogen-bond donors (Lipinski definition) is 2. The van der Waals surface area contributed by atoms with Crippen molar-refractivity contribution in [2.45, 2.75) is 25.0 Å². The molecular formula is C10H11ClN2O2. The average molecular weight is 227 g/mol. The molecule has 1 aliphatic carbocycles. The van der Waals surface area contributed by atoms with E-state index >= 15 is 0 Å². The standard InChI is InChI=1S/C10H11ClN2O2/c11-9-3-6(1-2-12-9)10(15)13-7-4-8(14)5-7/h1-3,7-8,14H,4-5H2,(H,13,15). The van der Waals surface area contributed by atoms with E-state index in [1.54, 1.807) is 6.07 Å². The van der Waals surface area contributed by atoms with Crippen LogP contribution in [-0.4, -0.2) is 28.1 Å². The van der Waals surface area contributed by atoms with Gasteiger partial charge in [-0.3, -0.25) is 4.79 Å². The van der Waals surface area contributed by atoms with Crippen LogP contribution in [0.25, 0.3) is 0 Å². The van der Waals surface area contributed by atoms with Gasteiger partial charge in [-0.2, -0.15) is 0 Å². The highest BCUT2D eigenvalue weighted by Crippen LogP contribution is 2.19. The third kappa shape index (κ3) is 2.46. The van der Waals surface area contributed by atoms with Crippen molar-refractivity contribution in [2.24, 2.45) is 0 Å². The zero-order valence-electron chi connectivity index (χ0n) is 7.98. The van der Waals surface area contributed by atoms with Crippen LogP contribution in [0.3, 0.4) is 0 Å². The molecule has 0 atom stereocenters. The summed E-state index contributed by atoms with van der Waals surface area (Å²) >= 11 is 5.67. The molecule has 2 rings (SSSR count). The number of pyridine rings is 1. The van der Waals surface area contributed by atoms with Crippen molar-refractivity contribution in [3.05, 3.63) is 29.0 Å². The Morgan fingerprint density at radius 3 is 2.93 bits per heavy atom. The number of nitrogens with zero attached hydrogens (tertiary/aromatic N) is 1. The maximum Gasteiger partial charge on any atom is 0.251 e. The summed E-state index contributed by atoms with van der Waals surface area (Å²) in [5, 5.41) is 12.2. The van der Waals surface area contributed by atoms with Crippen molar-refractivity contribution < 1.29 is 9.90 Å². The molecule has 1 fully saturated rings. The number of amides is 1. The highest BCUT2D eigenvalue weighted by molar-refractivity contribution is 6.29. The van der Waals surface area contributed by atoms with Crippen LogP contribution in [0, 0.1) is 0 Å². The molecule has 2 N–H and O–H groups in total. The highest BCUT2D eigenvalue weighted by atomic mass is 35.5. The maximum absolute atomic E-state index is 11.6. The molecule has 1 heterocycles. The molecule has 1 aliphatic rings. The zero-order valence-corrected chi connectivity index (χ0v) is 8.74. The molecule has 1 saturated carbocycles. The fraction of sp³-hybridized carbons (Fsp3) is 0.400. The number of hydrogen-bond acceptors (Lipinski definition) is 3. The summed E-state index contributed by atoms with van der Waals surface area (Å²) in [6, 6.07) is 3.21. The maximum atomic E-state index is 11.6. The second kappa shape index (κ2) is 4.16. The Kier molecular flexibility index (Phi) is 2.88. The lowest BCUT2D eigenvalue weighted by Crippen LogP contribution is -2.46. The smallest absolute Gasteiger partial charge is 0.251 e. The second-order valence-electron chi connectivity index (χ2n) is 3.66. The lowest BCUT2D eigenvalue weighted by atomic mass is 9.89. The molecule has 0 saturated heterocycles.